The number of nitrogens with one attached hydrogen (secondary N) is 1. The summed E-state index contributed by atoms with van der Waals surface area (Å²) in [6.07, 6.45) is -0.868. The summed E-state index contributed by atoms with van der Waals surface area (Å²) >= 11 is 0.958. The summed E-state index contributed by atoms with van der Waals surface area (Å²) in [4.78, 5) is 4.32. The van der Waals surface area contributed by atoms with Crippen LogP contribution in [0.1, 0.15) is 41.1 Å². The third-order valence-electron chi connectivity index (χ3n) is 4.11. The second-order valence-electron chi connectivity index (χ2n) is 5.65. The molecule has 0 amide bonds. The van der Waals surface area contributed by atoms with Gasteiger partial charge < -0.3 is 9.67 Å². The smallest absolute Gasteiger partial charge is 0.272 e. The van der Waals surface area contributed by atoms with Gasteiger partial charge in [-0.05, 0) is 35.1 Å². The van der Waals surface area contributed by atoms with Gasteiger partial charge in [0.05, 0.1) is 22.2 Å². The lowest BCUT2D eigenvalue weighted by atomic mass is 10.0. The zero-order valence-electron chi connectivity index (χ0n) is 13.5. The first-order chi connectivity index (χ1) is 11.5. The van der Waals surface area contributed by atoms with Crippen molar-refractivity contribution in [2.75, 3.05) is 0 Å². The van der Waals surface area contributed by atoms with Crippen molar-refractivity contribution in [2.45, 2.75) is 32.5 Å². The fraction of sp³-hybridized carbons (Fsp3) is 0.353. The van der Waals surface area contributed by atoms with E-state index in [2.05, 4.69) is 17.2 Å². The van der Waals surface area contributed by atoms with Crippen molar-refractivity contribution >= 4 is 22.4 Å². The van der Waals surface area contributed by atoms with Gasteiger partial charge in [0, 0.05) is 19.2 Å². The van der Waals surface area contributed by atoms with Crippen molar-refractivity contribution in [3.05, 3.63) is 51.5 Å². The van der Waals surface area contributed by atoms with E-state index in [-0.39, 0.29) is 4.88 Å². The maximum atomic E-state index is 12.7. The Bertz CT molecular complexity index is 844. The molecule has 0 bridgehead atoms. The van der Waals surface area contributed by atoms with E-state index >= 15 is 0 Å². The Labute approximate surface area is 142 Å². The van der Waals surface area contributed by atoms with Crippen LogP contribution in [0, 0.1) is 0 Å². The molecule has 0 fully saturated rings. The third-order valence-corrected chi connectivity index (χ3v) is 5.06. The number of halogens is 2. The van der Waals surface area contributed by atoms with E-state index < -0.39 is 12.7 Å². The molecule has 0 spiro atoms. The van der Waals surface area contributed by atoms with Gasteiger partial charge in [0.1, 0.15) is 6.23 Å². The molecule has 0 radical (unpaired) electrons. The van der Waals surface area contributed by atoms with Crippen molar-refractivity contribution in [3.63, 3.8) is 0 Å². The third kappa shape index (κ3) is 3.19. The van der Waals surface area contributed by atoms with Crippen LogP contribution in [-0.2, 0) is 20.0 Å². The van der Waals surface area contributed by atoms with Crippen LogP contribution in [0.2, 0.25) is 0 Å². The van der Waals surface area contributed by atoms with Gasteiger partial charge in [-0.2, -0.15) is 0 Å². The fourth-order valence-electron chi connectivity index (χ4n) is 2.84. The lowest BCUT2D eigenvalue weighted by Gasteiger charge is -2.15. The van der Waals surface area contributed by atoms with Crippen LogP contribution < -0.4 is 5.32 Å². The van der Waals surface area contributed by atoms with E-state index in [1.54, 1.807) is 11.7 Å². The van der Waals surface area contributed by atoms with Crippen LogP contribution in [0.4, 0.5) is 8.78 Å². The standard InChI is InChI=1S/C17H19F2N3OS/c1-3-10-4-5-13-15(22(2)9-21-13)12(10)7-20-17(23)11-6-14(16(18)19)24-8-11/h4-6,8-9,16-17,20,23H,3,7H2,1-2H3. The van der Waals surface area contributed by atoms with Crippen LogP contribution in [0.5, 0.6) is 0 Å². The molecular weight excluding hydrogens is 332 g/mol. The molecule has 2 N–H and O–H groups in total. The topological polar surface area (TPSA) is 50.1 Å². The zero-order valence-corrected chi connectivity index (χ0v) is 14.3. The number of imidazole rings is 1. The Morgan fingerprint density at radius 3 is 2.83 bits per heavy atom. The van der Waals surface area contributed by atoms with Gasteiger partial charge in [0.2, 0.25) is 0 Å². The maximum Gasteiger partial charge on any atom is 0.272 e. The largest absolute Gasteiger partial charge is 0.374 e. The maximum absolute atomic E-state index is 12.7. The van der Waals surface area contributed by atoms with E-state index in [0.29, 0.717) is 12.1 Å². The van der Waals surface area contributed by atoms with Crippen molar-refractivity contribution in [2.24, 2.45) is 7.05 Å². The Morgan fingerprint density at radius 1 is 1.38 bits per heavy atom. The second kappa shape index (κ2) is 6.96. The number of rotatable bonds is 6. The molecule has 1 atom stereocenters. The number of aliphatic hydroxyl groups excluding tert-OH is 1. The number of hydrogen-bond acceptors (Lipinski definition) is 4. The highest BCUT2D eigenvalue weighted by molar-refractivity contribution is 7.10. The van der Waals surface area contributed by atoms with E-state index in [4.69, 9.17) is 0 Å². The average molecular weight is 351 g/mol. The first kappa shape index (κ1) is 17.0. The van der Waals surface area contributed by atoms with Crippen molar-refractivity contribution in [3.8, 4) is 0 Å². The highest BCUT2D eigenvalue weighted by atomic mass is 32.1. The minimum absolute atomic E-state index is 0.0335. The molecule has 1 unspecified atom stereocenters. The van der Waals surface area contributed by atoms with Crippen LogP contribution in [0.3, 0.4) is 0 Å². The molecule has 0 aliphatic rings. The SMILES string of the molecule is CCc1ccc2ncn(C)c2c1CNC(O)c1csc(C(F)F)c1. The molecule has 0 saturated carbocycles. The van der Waals surface area contributed by atoms with E-state index in [1.165, 1.54) is 11.6 Å². The highest BCUT2D eigenvalue weighted by Gasteiger charge is 2.16. The molecule has 3 aromatic rings. The number of thiophene rings is 1. The van der Waals surface area contributed by atoms with Crippen LogP contribution in [-0.4, -0.2) is 14.7 Å². The molecule has 4 nitrogen and oxygen atoms in total. The predicted octanol–water partition coefficient (Wildman–Crippen LogP) is 3.92. The molecule has 0 saturated heterocycles. The number of alkyl halides is 2. The van der Waals surface area contributed by atoms with Gasteiger partial charge in [-0.25, -0.2) is 13.8 Å². The molecular formula is C17H19F2N3OS. The number of aromatic nitrogens is 2. The van der Waals surface area contributed by atoms with Crippen molar-refractivity contribution in [1.29, 1.82) is 0 Å². The summed E-state index contributed by atoms with van der Waals surface area (Å²) in [5.41, 5.74) is 4.62. The second-order valence-corrected chi connectivity index (χ2v) is 6.59. The van der Waals surface area contributed by atoms with Crippen LogP contribution in [0.25, 0.3) is 11.0 Å². The van der Waals surface area contributed by atoms with Gasteiger partial charge >= 0.3 is 0 Å². The first-order valence-corrected chi connectivity index (χ1v) is 8.59. The number of aliphatic hydroxyl groups is 1. The molecule has 0 aliphatic heterocycles. The van der Waals surface area contributed by atoms with Crippen molar-refractivity contribution in [1.82, 2.24) is 14.9 Å². The summed E-state index contributed by atoms with van der Waals surface area (Å²) in [5, 5.41) is 14.8. The Kier molecular flexibility index (Phi) is 4.93. The molecule has 2 aromatic heterocycles. The molecule has 128 valence electrons. The summed E-state index contributed by atoms with van der Waals surface area (Å²) in [5.74, 6) is 0. The normalized spacial score (nSPS) is 13.1. The molecule has 1 aromatic carbocycles. The Balaban J connectivity index is 1.83. The summed E-state index contributed by atoms with van der Waals surface area (Å²) in [7, 11) is 1.93. The highest BCUT2D eigenvalue weighted by Crippen LogP contribution is 2.29. The van der Waals surface area contributed by atoms with Gasteiger partial charge in [0.15, 0.2) is 0 Å². The van der Waals surface area contributed by atoms with Gasteiger partial charge in [-0.1, -0.05) is 13.0 Å². The van der Waals surface area contributed by atoms with Gasteiger partial charge in [-0.3, -0.25) is 5.32 Å². The average Bonchev–Trinajstić information content (AvgIpc) is 3.20. The number of benzene rings is 1. The van der Waals surface area contributed by atoms with Crippen molar-refractivity contribution < 1.29 is 13.9 Å². The summed E-state index contributed by atoms with van der Waals surface area (Å²) in [6, 6.07) is 5.37. The molecule has 2 heterocycles. The number of nitrogens with zero attached hydrogens (tertiary/aromatic N) is 2. The molecule has 0 aliphatic carbocycles. The number of aryl methyl sites for hydroxylation is 2. The number of hydrogen-bond donors (Lipinski definition) is 2. The van der Waals surface area contributed by atoms with E-state index in [9.17, 15) is 13.9 Å². The monoisotopic (exact) mass is 351 g/mol. The zero-order chi connectivity index (χ0) is 17.3. The van der Waals surface area contributed by atoms with E-state index in [1.807, 2.05) is 23.7 Å². The summed E-state index contributed by atoms with van der Waals surface area (Å²) in [6.45, 7) is 2.51. The number of fused-ring (bicyclic) bond motifs is 1. The molecule has 7 heteroatoms. The molecule has 24 heavy (non-hydrogen) atoms. The summed E-state index contributed by atoms with van der Waals surface area (Å²) < 4.78 is 27.3. The predicted molar refractivity (Wildman–Crippen MR) is 91.2 cm³/mol. The van der Waals surface area contributed by atoms with E-state index in [0.717, 1.165) is 34.4 Å². The minimum Gasteiger partial charge on any atom is -0.374 e. The quantitative estimate of drug-likeness (QED) is 0.662. The Morgan fingerprint density at radius 2 is 2.17 bits per heavy atom. The van der Waals surface area contributed by atoms with Crippen LogP contribution >= 0.6 is 11.3 Å². The minimum atomic E-state index is -2.51. The Hall–Kier alpha value is -1.83. The molecule has 3 rings (SSSR count). The first-order valence-electron chi connectivity index (χ1n) is 7.71. The van der Waals surface area contributed by atoms with Gasteiger partial charge in [0.25, 0.3) is 6.43 Å². The lowest BCUT2D eigenvalue weighted by molar-refractivity contribution is 0.136. The fourth-order valence-corrected chi connectivity index (χ4v) is 3.62. The van der Waals surface area contributed by atoms with Gasteiger partial charge in [-0.15, -0.1) is 11.3 Å². The van der Waals surface area contributed by atoms with Crippen LogP contribution in [0.15, 0.2) is 29.9 Å². The lowest BCUT2D eigenvalue weighted by Crippen LogP contribution is -2.21.